The highest BCUT2D eigenvalue weighted by molar-refractivity contribution is 7.99. The zero-order chi connectivity index (χ0) is 25.6. The molecule has 7 nitrogen and oxygen atoms in total. The summed E-state index contributed by atoms with van der Waals surface area (Å²) in [6.07, 6.45) is -11.6. The summed E-state index contributed by atoms with van der Waals surface area (Å²) in [5.41, 5.74) is 6.67. The van der Waals surface area contributed by atoms with Crippen LogP contribution in [-0.4, -0.2) is 63.8 Å². The molecular formula is C20H22F6N5O2PS. The van der Waals surface area contributed by atoms with Gasteiger partial charge in [0.1, 0.15) is 16.3 Å². The largest absolute Gasteiger partial charge is 0.494 e. The van der Waals surface area contributed by atoms with Crippen LogP contribution < -0.4 is 10.5 Å². The van der Waals surface area contributed by atoms with Gasteiger partial charge >= 0.3 is 12.4 Å². The number of aromatic nitrogens is 4. The van der Waals surface area contributed by atoms with Gasteiger partial charge in [0, 0.05) is 11.4 Å². The molecule has 0 spiro atoms. The minimum Gasteiger partial charge on any atom is -0.494 e. The molecule has 2 aromatic heterocycles. The highest BCUT2D eigenvalue weighted by Gasteiger charge is 2.38. The van der Waals surface area contributed by atoms with Crippen molar-refractivity contribution >= 4 is 36.8 Å². The Bertz CT molecular complexity index is 1090. The van der Waals surface area contributed by atoms with Gasteiger partial charge in [-0.1, -0.05) is 19.7 Å². The predicted octanol–water partition coefficient (Wildman–Crippen LogP) is 5.54. The van der Waals surface area contributed by atoms with Crippen molar-refractivity contribution in [1.82, 2.24) is 19.5 Å². The minimum absolute atomic E-state index is 0.00696. The number of ether oxygens (including phenoxy) is 2. The molecule has 35 heavy (non-hydrogen) atoms. The topological polar surface area (TPSA) is 88.1 Å². The molecule has 0 radical (unpaired) electrons. The molecule has 0 unspecified atom stereocenters. The second-order valence-corrected chi connectivity index (χ2v) is 10.6. The Morgan fingerprint density at radius 2 is 1.69 bits per heavy atom. The number of rotatable bonds is 11. The molecule has 0 fully saturated rings. The predicted molar refractivity (Wildman–Crippen MR) is 121 cm³/mol. The molecular weight excluding hydrogens is 519 g/mol. The summed E-state index contributed by atoms with van der Waals surface area (Å²) in [5, 5.41) is 0.496. The van der Waals surface area contributed by atoms with Crippen LogP contribution in [0.4, 0.5) is 32.3 Å². The van der Waals surface area contributed by atoms with Crippen LogP contribution in [0.25, 0.3) is 11.2 Å². The molecule has 2 N–H and O–H groups in total. The molecule has 0 aliphatic carbocycles. The summed E-state index contributed by atoms with van der Waals surface area (Å²) in [4.78, 5) is 13.6. The normalized spacial score (nSPS) is 12.6. The van der Waals surface area contributed by atoms with Gasteiger partial charge in [-0.15, -0.1) is 0 Å². The van der Waals surface area contributed by atoms with Gasteiger partial charge in [-0.05, 0) is 31.2 Å². The Balaban J connectivity index is 1.65. The van der Waals surface area contributed by atoms with Crippen LogP contribution in [0.3, 0.4) is 0 Å². The molecule has 0 saturated heterocycles. The lowest BCUT2D eigenvalue weighted by Crippen LogP contribution is -2.22. The van der Waals surface area contributed by atoms with E-state index < -0.39 is 38.9 Å². The van der Waals surface area contributed by atoms with Crippen LogP contribution >= 0.6 is 19.7 Å². The number of hydrogen-bond donors (Lipinski definition) is 1. The fraction of sp³-hybridized carbons (Fsp3) is 0.450. The molecule has 2 heterocycles. The average Bonchev–Trinajstić information content (AvgIpc) is 3.13. The SMILES string of the molecule is CCOc1ccc(Sc2nc(N)nc3c2ncn3CCOCP(CC(F)(F)F)CC(F)(F)F)cc1. The Hall–Kier alpha value is -2.31. The lowest BCUT2D eigenvalue weighted by Gasteiger charge is -2.20. The molecule has 15 heteroatoms. The van der Waals surface area contributed by atoms with Crippen molar-refractivity contribution in [2.45, 2.75) is 35.7 Å². The van der Waals surface area contributed by atoms with Crippen molar-refractivity contribution in [3.63, 3.8) is 0 Å². The zero-order valence-electron chi connectivity index (χ0n) is 18.4. The first-order valence-electron chi connectivity index (χ1n) is 10.3. The molecule has 0 aliphatic rings. The highest BCUT2D eigenvalue weighted by atomic mass is 32.2. The molecule has 0 aliphatic heterocycles. The van der Waals surface area contributed by atoms with Gasteiger partial charge in [-0.2, -0.15) is 31.3 Å². The van der Waals surface area contributed by atoms with Gasteiger partial charge in [0.2, 0.25) is 5.95 Å². The van der Waals surface area contributed by atoms with E-state index in [2.05, 4.69) is 15.0 Å². The maximum Gasteiger partial charge on any atom is 0.392 e. The standard InChI is InChI=1S/C20H22F6N5O2PS/c1-2-33-13-3-5-14(6-4-13)35-17-15-16(29-18(27)30-17)31(11-28-15)7-8-32-12-34(9-19(21,22)23)10-20(24,25)26/h3-6,11H,2,7-10,12H2,1H3,(H2,27,29,30). The Morgan fingerprint density at radius 1 is 1.03 bits per heavy atom. The lowest BCUT2D eigenvalue weighted by molar-refractivity contribution is -0.112. The number of alkyl halides is 6. The summed E-state index contributed by atoms with van der Waals surface area (Å²) < 4.78 is 87.9. The number of anilines is 1. The van der Waals surface area contributed by atoms with Crippen LogP contribution in [0.1, 0.15) is 6.92 Å². The summed E-state index contributed by atoms with van der Waals surface area (Å²) in [6.45, 7) is 2.42. The Labute approximate surface area is 202 Å². The minimum atomic E-state index is -4.69. The van der Waals surface area contributed by atoms with Gasteiger partial charge < -0.3 is 19.8 Å². The number of hydrogen-bond acceptors (Lipinski definition) is 7. The molecule has 1 aromatic carbocycles. The molecule has 3 aromatic rings. The van der Waals surface area contributed by atoms with E-state index in [1.54, 1.807) is 4.57 Å². The summed E-state index contributed by atoms with van der Waals surface area (Å²) >= 11 is 1.31. The van der Waals surface area contributed by atoms with E-state index in [1.807, 2.05) is 31.2 Å². The lowest BCUT2D eigenvalue weighted by atomic mass is 10.3. The van der Waals surface area contributed by atoms with Crippen molar-refractivity contribution in [3.8, 4) is 5.75 Å². The molecule has 192 valence electrons. The van der Waals surface area contributed by atoms with E-state index in [-0.39, 0.29) is 19.1 Å². The summed E-state index contributed by atoms with van der Waals surface area (Å²) in [7, 11) is -2.44. The van der Waals surface area contributed by atoms with Gasteiger partial charge in [0.25, 0.3) is 0 Å². The number of fused-ring (bicyclic) bond motifs is 1. The third kappa shape index (κ3) is 8.69. The van der Waals surface area contributed by atoms with E-state index in [4.69, 9.17) is 15.2 Å². The second-order valence-electron chi connectivity index (χ2n) is 7.26. The van der Waals surface area contributed by atoms with E-state index in [0.717, 1.165) is 10.6 Å². The summed E-state index contributed by atoms with van der Waals surface area (Å²) in [6, 6.07) is 7.33. The van der Waals surface area contributed by atoms with Gasteiger partial charge in [-0.25, -0.2) is 9.97 Å². The smallest absolute Gasteiger partial charge is 0.392 e. The Morgan fingerprint density at radius 3 is 2.29 bits per heavy atom. The monoisotopic (exact) mass is 541 g/mol. The van der Waals surface area contributed by atoms with Gasteiger partial charge in [0.05, 0.1) is 38.2 Å². The van der Waals surface area contributed by atoms with Crippen molar-refractivity contribution in [2.75, 3.05) is 37.6 Å². The van der Waals surface area contributed by atoms with Crippen LogP contribution in [0, 0.1) is 0 Å². The first-order chi connectivity index (χ1) is 16.4. The zero-order valence-corrected chi connectivity index (χ0v) is 20.1. The van der Waals surface area contributed by atoms with Gasteiger partial charge in [0.15, 0.2) is 5.65 Å². The molecule has 0 atom stereocenters. The van der Waals surface area contributed by atoms with Crippen LogP contribution in [0.2, 0.25) is 0 Å². The number of imidazole rings is 1. The first kappa shape index (κ1) is 27.3. The van der Waals surface area contributed by atoms with Crippen molar-refractivity contribution in [2.24, 2.45) is 0 Å². The maximum atomic E-state index is 12.6. The first-order valence-corrected chi connectivity index (χ1v) is 13.0. The third-order valence-corrected chi connectivity index (χ3v) is 7.50. The number of benzene rings is 1. The highest BCUT2D eigenvalue weighted by Crippen LogP contribution is 2.45. The number of nitrogens with two attached hydrogens (primary N) is 1. The third-order valence-electron chi connectivity index (χ3n) is 4.35. The van der Waals surface area contributed by atoms with E-state index in [1.165, 1.54) is 18.1 Å². The van der Waals surface area contributed by atoms with Crippen molar-refractivity contribution in [1.29, 1.82) is 0 Å². The van der Waals surface area contributed by atoms with Gasteiger partial charge in [-0.3, -0.25) is 0 Å². The number of nitrogens with zero attached hydrogens (tertiary/aromatic N) is 4. The fourth-order valence-electron chi connectivity index (χ4n) is 3.06. The van der Waals surface area contributed by atoms with E-state index in [0.29, 0.717) is 22.8 Å². The summed E-state index contributed by atoms with van der Waals surface area (Å²) in [5.74, 6) is 0.718. The number of halogens is 6. The fourth-order valence-corrected chi connectivity index (χ4v) is 5.63. The Kier molecular flexibility index (Phi) is 9.05. The van der Waals surface area contributed by atoms with E-state index >= 15 is 0 Å². The quantitative estimate of drug-likeness (QED) is 0.148. The number of nitrogen functional groups attached to an aromatic ring is 1. The van der Waals surface area contributed by atoms with Crippen molar-refractivity contribution < 1.29 is 35.8 Å². The molecule has 0 saturated carbocycles. The maximum absolute atomic E-state index is 12.6. The van der Waals surface area contributed by atoms with Crippen LogP contribution in [-0.2, 0) is 11.3 Å². The van der Waals surface area contributed by atoms with Crippen LogP contribution in [0.5, 0.6) is 5.75 Å². The van der Waals surface area contributed by atoms with E-state index in [9.17, 15) is 26.3 Å². The van der Waals surface area contributed by atoms with Crippen molar-refractivity contribution in [3.05, 3.63) is 30.6 Å². The average molecular weight is 541 g/mol. The molecule has 3 rings (SSSR count). The van der Waals surface area contributed by atoms with Crippen LogP contribution in [0.15, 0.2) is 40.5 Å². The molecule has 0 bridgehead atoms. The second kappa shape index (κ2) is 11.6. The molecule has 0 amide bonds.